The zero-order valence-corrected chi connectivity index (χ0v) is 18.6. The monoisotopic (exact) mass is 451 g/mol. The predicted octanol–water partition coefficient (Wildman–Crippen LogP) is 4.01. The van der Waals surface area contributed by atoms with Gasteiger partial charge in [0.05, 0.1) is 18.1 Å². The van der Waals surface area contributed by atoms with Gasteiger partial charge in [-0.2, -0.15) is 4.31 Å². The molecule has 0 aliphatic carbocycles. The summed E-state index contributed by atoms with van der Waals surface area (Å²) in [6.07, 6.45) is 0. The van der Waals surface area contributed by atoms with Crippen LogP contribution in [0.3, 0.4) is 0 Å². The van der Waals surface area contributed by atoms with Gasteiger partial charge in [0, 0.05) is 35.7 Å². The number of anilines is 3. The lowest BCUT2D eigenvalue weighted by atomic mass is 10.1. The normalized spacial score (nSPS) is 14.7. The fraction of sp³-hybridized carbons (Fsp3) is 0.208. The molecule has 1 saturated heterocycles. The minimum absolute atomic E-state index is 0.109. The van der Waals surface area contributed by atoms with E-state index in [9.17, 15) is 13.2 Å². The smallest absolute Gasteiger partial charge is 0.255 e. The summed E-state index contributed by atoms with van der Waals surface area (Å²) in [4.78, 5) is 13.0. The molecule has 0 radical (unpaired) electrons. The number of carbonyl (C=O) groups excluding carboxylic acids is 1. The first-order valence-electron chi connectivity index (χ1n) is 10.4. The quantitative estimate of drug-likeness (QED) is 0.591. The minimum Gasteiger partial charge on any atom is -0.379 e. The maximum absolute atomic E-state index is 13.0. The van der Waals surface area contributed by atoms with Crippen LogP contribution in [0.25, 0.3) is 0 Å². The van der Waals surface area contributed by atoms with E-state index >= 15 is 0 Å². The van der Waals surface area contributed by atoms with E-state index in [1.807, 2.05) is 42.5 Å². The van der Waals surface area contributed by atoms with Gasteiger partial charge in [-0.05, 0) is 61.0 Å². The molecular formula is C24H25N3O4S. The van der Waals surface area contributed by atoms with Gasteiger partial charge in [-0.25, -0.2) is 8.42 Å². The van der Waals surface area contributed by atoms with Crippen molar-refractivity contribution >= 4 is 33.0 Å². The number of morpholine rings is 1. The van der Waals surface area contributed by atoms with Gasteiger partial charge in [0.25, 0.3) is 5.91 Å². The second kappa shape index (κ2) is 9.52. The third kappa shape index (κ3) is 4.99. The zero-order valence-electron chi connectivity index (χ0n) is 17.7. The number of nitrogens with one attached hydrogen (secondary N) is 2. The first-order chi connectivity index (χ1) is 15.4. The number of carbonyl (C=O) groups is 1. The summed E-state index contributed by atoms with van der Waals surface area (Å²) in [5, 5.41) is 6.14. The number of hydrogen-bond acceptors (Lipinski definition) is 5. The summed E-state index contributed by atoms with van der Waals surface area (Å²) in [7, 11) is -3.68. The fourth-order valence-corrected chi connectivity index (χ4v) is 4.90. The van der Waals surface area contributed by atoms with Crippen LogP contribution in [0, 0.1) is 6.92 Å². The second-order valence-electron chi connectivity index (χ2n) is 7.52. The highest BCUT2D eigenvalue weighted by atomic mass is 32.2. The maximum atomic E-state index is 13.0. The van der Waals surface area contributed by atoms with Gasteiger partial charge in [-0.3, -0.25) is 4.79 Å². The van der Waals surface area contributed by atoms with Crippen LogP contribution in [0.15, 0.2) is 77.7 Å². The molecule has 0 aromatic heterocycles. The van der Waals surface area contributed by atoms with Crippen LogP contribution >= 0.6 is 0 Å². The number of sulfonamides is 1. The van der Waals surface area contributed by atoms with E-state index in [1.165, 1.54) is 10.4 Å². The predicted molar refractivity (Wildman–Crippen MR) is 125 cm³/mol. The second-order valence-corrected chi connectivity index (χ2v) is 9.45. The average molecular weight is 452 g/mol. The SMILES string of the molecule is Cc1ccc(S(=O)(=O)N2CCOCC2)cc1C(=O)Nc1ccc(Nc2ccccc2)cc1. The summed E-state index contributed by atoms with van der Waals surface area (Å²) in [6, 6.07) is 21.8. The topological polar surface area (TPSA) is 87.7 Å². The molecule has 8 heteroatoms. The van der Waals surface area contributed by atoms with Gasteiger partial charge in [0.2, 0.25) is 10.0 Å². The van der Waals surface area contributed by atoms with Gasteiger partial charge in [-0.1, -0.05) is 24.3 Å². The Balaban J connectivity index is 1.49. The van der Waals surface area contributed by atoms with Crippen LogP contribution in [0.1, 0.15) is 15.9 Å². The molecule has 1 amide bonds. The summed E-state index contributed by atoms with van der Waals surface area (Å²) in [6.45, 7) is 3.14. The summed E-state index contributed by atoms with van der Waals surface area (Å²) in [5.41, 5.74) is 3.51. The zero-order chi connectivity index (χ0) is 22.6. The third-order valence-electron chi connectivity index (χ3n) is 5.27. The van der Waals surface area contributed by atoms with Crippen molar-refractivity contribution in [3.8, 4) is 0 Å². The Morgan fingerprint density at radius 2 is 1.50 bits per heavy atom. The Labute approximate surface area is 188 Å². The molecule has 4 rings (SSSR count). The standard InChI is InChI=1S/C24H25N3O4S/c1-18-7-12-22(32(29,30)27-13-15-31-16-14-27)17-23(18)24(28)26-21-10-8-20(9-11-21)25-19-5-3-2-4-6-19/h2-12,17,25H,13-16H2,1H3,(H,26,28). The van der Waals surface area contributed by atoms with E-state index in [4.69, 9.17) is 4.74 Å². The molecule has 7 nitrogen and oxygen atoms in total. The number of nitrogens with zero attached hydrogens (tertiary/aromatic N) is 1. The molecular weight excluding hydrogens is 426 g/mol. The number of aryl methyl sites for hydroxylation is 1. The Morgan fingerprint density at radius 1 is 0.875 bits per heavy atom. The van der Waals surface area contributed by atoms with Crippen LogP contribution < -0.4 is 10.6 Å². The molecule has 3 aromatic rings. The van der Waals surface area contributed by atoms with Crippen molar-refractivity contribution in [2.45, 2.75) is 11.8 Å². The van der Waals surface area contributed by atoms with Gasteiger partial charge < -0.3 is 15.4 Å². The molecule has 1 aliphatic rings. The van der Waals surface area contributed by atoms with Gasteiger partial charge in [-0.15, -0.1) is 0 Å². The summed E-state index contributed by atoms with van der Waals surface area (Å²) >= 11 is 0. The molecule has 1 aliphatic heterocycles. The molecule has 166 valence electrons. The van der Waals surface area contributed by atoms with Crippen LogP contribution in [0.4, 0.5) is 17.1 Å². The highest BCUT2D eigenvalue weighted by Gasteiger charge is 2.27. The lowest BCUT2D eigenvalue weighted by Gasteiger charge is -2.26. The van der Waals surface area contributed by atoms with Gasteiger partial charge >= 0.3 is 0 Å². The number of benzene rings is 3. The van der Waals surface area contributed by atoms with Crippen molar-refractivity contribution < 1.29 is 17.9 Å². The highest BCUT2D eigenvalue weighted by Crippen LogP contribution is 2.23. The van der Waals surface area contributed by atoms with Crippen LogP contribution in [0.5, 0.6) is 0 Å². The number of ether oxygens (including phenoxy) is 1. The highest BCUT2D eigenvalue weighted by molar-refractivity contribution is 7.89. The van der Waals surface area contributed by atoms with Crippen LogP contribution in [0.2, 0.25) is 0 Å². The third-order valence-corrected chi connectivity index (χ3v) is 7.16. The molecule has 1 heterocycles. The lowest BCUT2D eigenvalue weighted by molar-refractivity contribution is 0.0730. The van der Waals surface area contributed by atoms with E-state index in [0.29, 0.717) is 43.1 Å². The summed E-state index contributed by atoms with van der Waals surface area (Å²) in [5.74, 6) is -0.356. The van der Waals surface area contributed by atoms with E-state index in [2.05, 4.69) is 10.6 Å². The Morgan fingerprint density at radius 3 is 2.19 bits per heavy atom. The molecule has 0 atom stereocenters. The number of rotatable bonds is 6. The molecule has 0 bridgehead atoms. The molecule has 0 unspecified atom stereocenters. The first kappa shape index (κ1) is 22.0. The van der Waals surface area contributed by atoms with Crippen molar-refractivity contribution in [1.82, 2.24) is 4.31 Å². The molecule has 32 heavy (non-hydrogen) atoms. The number of hydrogen-bond donors (Lipinski definition) is 2. The van der Waals surface area contributed by atoms with Crippen molar-refractivity contribution in [2.24, 2.45) is 0 Å². The van der Waals surface area contributed by atoms with Crippen molar-refractivity contribution in [1.29, 1.82) is 0 Å². The molecule has 2 N–H and O–H groups in total. The Kier molecular flexibility index (Phi) is 6.55. The van der Waals surface area contributed by atoms with E-state index in [1.54, 1.807) is 31.2 Å². The lowest BCUT2D eigenvalue weighted by Crippen LogP contribution is -2.40. The van der Waals surface area contributed by atoms with E-state index in [-0.39, 0.29) is 10.8 Å². The largest absolute Gasteiger partial charge is 0.379 e. The molecule has 3 aromatic carbocycles. The fourth-order valence-electron chi connectivity index (χ4n) is 3.47. The minimum atomic E-state index is -3.68. The summed E-state index contributed by atoms with van der Waals surface area (Å²) < 4.78 is 32.5. The molecule has 0 saturated carbocycles. The van der Waals surface area contributed by atoms with Gasteiger partial charge in [0.15, 0.2) is 0 Å². The Hall–Kier alpha value is -3.20. The van der Waals surface area contributed by atoms with Crippen LogP contribution in [-0.2, 0) is 14.8 Å². The first-order valence-corrected chi connectivity index (χ1v) is 11.8. The van der Waals surface area contributed by atoms with E-state index in [0.717, 1.165) is 11.4 Å². The number of para-hydroxylation sites is 1. The average Bonchev–Trinajstić information content (AvgIpc) is 2.82. The molecule has 1 fully saturated rings. The molecule has 0 spiro atoms. The Bertz CT molecular complexity index is 1190. The van der Waals surface area contributed by atoms with Crippen LogP contribution in [-0.4, -0.2) is 44.9 Å². The van der Waals surface area contributed by atoms with Crippen molar-refractivity contribution in [3.63, 3.8) is 0 Å². The van der Waals surface area contributed by atoms with Gasteiger partial charge in [0.1, 0.15) is 0 Å². The van der Waals surface area contributed by atoms with Crippen molar-refractivity contribution in [3.05, 3.63) is 83.9 Å². The maximum Gasteiger partial charge on any atom is 0.255 e. The van der Waals surface area contributed by atoms with Crippen molar-refractivity contribution in [2.75, 3.05) is 36.9 Å². The van der Waals surface area contributed by atoms with E-state index < -0.39 is 10.0 Å². The number of amides is 1.